The largest absolute Gasteiger partial charge is 0.481 e. The van der Waals surface area contributed by atoms with Crippen molar-refractivity contribution in [2.75, 3.05) is 41.9 Å². The van der Waals surface area contributed by atoms with Crippen LogP contribution in [-0.4, -0.2) is 38.8 Å². The minimum Gasteiger partial charge on any atom is -0.481 e. The van der Waals surface area contributed by atoms with Gasteiger partial charge in [-0.05, 0) is 55.7 Å². The molecule has 2 aromatic rings. The van der Waals surface area contributed by atoms with Crippen molar-refractivity contribution in [2.24, 2.45) is 5.92 Å². The average Bonchev–Trinajstić information content (AvgIpc) is 2.72. The standard InChI is InChI=1S/C22H24F3N3O2/c1-14-11-19-20(30-13-21(29)27(19)2)12-18(14)26-16-3-5-17(6-4-16)28-9-7-15(8-10-28)22(23,24)25/h3-6,11-12,15,26H,7-10,13H2,1-2H3. The number of carbonyl (C=O) groups is 1. The molecule has 5 nitrogen and oxygen atoms in total. The summed E-state index contributed by atoms with van der Waals surface area (Å²) in [6, 6.07) is 11.5. The number of hydrogen-bond donors (Lipinski definition) is 1. The van der Waals surface area contributed by atoms with Gasteiger partial charge < -0.3 is 19.9 Å². The highest BCUT2D eigenvalue weighted by molar-refractivity contribution is 5.98. The van der Waals surface area contributed by atoms with Crippen LogP contribution >= 0.6 is 0 Å². The number of halogens is 3. The van der Waals surface area contributed by atoms with Gasteiger partial charge in [-0.25, -0.2) is 0 Å². The summed E-state index contributed by atoms with van der Waals surface area (Å²) in [5.74, 6) is -0.634. The highest BCUT2D eigenvalue weighted by atomic mass is 19.4. The van der Waals surface area contributed by atoms with Crippen LogP contribution < -0.4 is 19.9 Å². The molecule has 0 spiro atoms. The quantitative estimate of drug-likeness (QED) is 0.771. The zero-order chi connectivity index (χ0) is 21.5. The van der Waals surface area contributed by atoms with E-state index < -0.39 is 12.1 Å². The highest BCUT2D eigenvalue weighted by Gasteiger charge is 2.41. The van der Waals surface area contributed by atoms with Gasteiger partial charge in [-0.1, -0.05) is 0 Å². The number of fused-ring (bicyclic) bond motifs is 1. The molecule has 4 rings (SSSR count). The molecule has 0 atom stereocenters. The summed E-state index contributed by atoms with van der Waals surface area (Å²) in [7, 11) is 1.73. The number of benzene rings is 2. The van der Waals surface area contributed by atoms with Crippen molar-refractivity contribution in [3.8, 4) is 5.75 Å². The van der Waals surface area contributed by atoms with Crippen LogP contribution in [0.3, 0.4) is 0 Å². The van der Waals surface area contributed by atoms with Gasteiger partial charge in [0.1, 0.15) is 5.75 Å². The summed E-state index contributed by atoms with van der Waals surface area (Å²) < 4.78 is 44.1. The number of nitrogens with one attached hydrogen (secondary N) is 1. The Labute approximate surface area is 173 Å². The first-order valence-corrected chi connectivity index (χ1v) is 9.95. The van der Waals surface area contributed by atoms with Crippen LogP contribution in [0.25, 0.3) is 0 Å². The molecule has 2 aliphatic heterocycles. The smallest absolute Gasteiger partial charge is 0.391 e. The van der Waals surface area contributed by atoms with Crippen LogP contribution in [0.15, 0.2) is 36.4 Å². The van der Waals surface area contributed by atoms with Gasteiger partial charge in [0.25, 0.3) is 5.91 Å². The van der Waals surface area contributed by atoms with Gasteiger partial charge in [0.2, 0.25) is 0 Å². The van der Waals surface area contributed by atoms with Crippen molar-refractivity contribution < 1.29 is 22.7 Å². The first kappa shape index (κ1) is 20.4. The molecule has 2 aromatic carbocycles. The number of ether oxygens (including phenoxy) is 1. The third kappa shape index (κ3) is 4.04. The molecule has 2 heterocycles. The van der Waals surface area contributed by atoms with Crippen LogP contribution in [0.1, 0.15) is 18.4 Å². The zero-order valence-electron chi connectivity index (χ0n) is 16.9. The van der Waals surface area contributed by atoms with E-state index in [1.807, 2.05) is 48.2 Å². The number of aryl methyl sites for hydroxylation is 1. The Balaban J connectivity index is 1.44. The van der Waals surface area contributed by atoms with Gasteiger partial charge in [-0.3, -0.25) is 4.79 Å². The molecule has 1 saturated heterocycles. The molecule has 0 saturated carbocycles. The molecule has 1 fully saturated rings. The van der Waals surface area contributed by atoms with Crippen LogP contribution in [0.2, 0.25) is 0 Å². The predicted molar refractivity (Wildman–Crippen MR) is 111 cm³/mol. The molecular weight excluding hydrogens is 395 g/mol. The van der Waals surface area contributed by atoms with E-state index in [-0.39, 0.29) is 25.4 Å². The second kappa shape index (κ2) is 7.74. The summed E-state index contributed by atoms with van der Waals surface area (Å²) >= 11 is 0. The Bertz CT molecular complexity index is 936. The van der Waals surface area contributed by atoms with E-state index in [9.17, 15) is 18.0 Å². The lowest BCUT2D eigenvalue weighted by molar-refractivity contribution is -0.179. The number of anilines is 4. The minimum absolute atomic E-state index is 0.0196. The monoisotopic (exact) mass is 419 g/mol. The summed E-state index contributed by atoms with van der Waals surface area (Å²) in [4.78, 5) is 15.4. The van der Waals surface area contributed by atoms with E-state index in [1.54, 1.807) is 11.9 Å². The lowest BCUT2D eigenvalue weighted by Crippen LogP contribution is -2.38. The highest BCUT2D eigenvalue weighted by Crippen LogP contribution is 2.38. The van der Waals surface area contributed by atoms with Crippen LogP contribution in [-0.2, 0) is 4.79 Å². The van der Waals surface area contributed by atoms with E-state index in [4.69, 9.17) is 4.74 Å². The Kier molecular flexibility index (Phi) is 5.26. The van der Waals surface area contributed by atoms with E-state index in [0.717, 1.165) is 28.3 Å². The van der Waals surface area contributed by atoms with Gasteiger partial charge in [0.05, 0.1) is 11.6 Å². The zero-order valence-corrected chi connectivity index (χ0v) is 16.9. The molecule has 160 valence electrons. The SMILES string of the molecule is Cc1cc2c(cc1Nc1ccc(N3CCC(C(F)(F)F)CC3)cc1)OCC(=O)N2C. The van der Waals surface area contributed by atoms with Crippen LogP contribution in [0, 0.1) is 12.8 Å². The summed E-state index contributed by atoms with van der Waals surface area (Å²) in [6.45, 7) is 2.79. The number of carbonyl (C=O) groups excluding carboxylic acids is 1. The van der Waals surface area contributed by atoms with Gasteiger partial charge in [0.15, 0.2) is 6.61 Å². The number of hydrogen-bond acceptors (Lipinski definition) is 4. The number of amides is 1. The molecular formula is C22H24F3N3O2. The molecule has 0 aromatic heterocycles. The molecule has 0 radical (unpaired) electrons. The van der Waals surface area contributed by atoms with E-state index in [1.165, 1.54) is 0 Å². The van der Waals surface area contributed by atoms with Crippen molar-refractivity contribution in [1.29, 1.82) is 0 Å². The van der Waals surface area contributed by atoms with Crippen LogP contribution in [0.4, 0.5) is 35.9 Å². The minimum atomic E-state index is -4.10. The summed E-state index contributed by atoms with van der Waals surface area (Å²) in [5, 5.41) is 3.35. The van der Waals surface area contributed by atoms with Crippen molar-refractivity contribution in [3.63, 3.8) is 0 Å². The molecule has 30 heavy (non-hydrogen) atoms. The fraction of sp³-hybridized carbons (Fsp3) is 0.409. The van der Waals surface area contributed by atoms with Crippen molar-refractivity contribution in [2.45, 2.75) is 25.9 Å². The van der Waals surface area contributed by atoms with E-state index >= 15 is 0 Å². The Morgan fingerprint density at radius 3 is 2.40 bits per heavy atom. The normalized spacial score (nSPS) is 17.6. The predicted octanol–water partition coefficient (Wildman–Crippen LogP) is 4.87. The molecule has 1 amide bonds. The first-order valence-electron chi connectivity index (χ1n) is 9.95. The van der Waals surface area contributed by atoms with Gasteiger partial charge in [-0.2, -0.15) is 13.2 Å². The third-order valence-electron chi connectivity index (χ3n) is 5.86. The maximum Gasteiger partial charge on any atom is 0.391 e. The van der Waals surface area contributed by atoms with Gasteiger partial charge in [0, 0.05) is 43.3 Å². The second-order valence-electron chi connectivity index (χ2n) is 7.85. The average molecular weight is 419 g/mol. The molecule has 0 aliphatic carbocycles. The van der Waals surface area contributed by atoms with Crippen molar-refractivity contribution >= 4 is 28.7 Å². The van der Waals surface area contributed by atoms with E-state index in [0.29, 0.717) is 18.8 Å². The molecule has 0 bridgehead atoms. The molecule has 1 N–H and O–H groups in total. The van der Waals surface area contributed by atoms with Gasteiger partial charge >= 0.3 is 6.18 Å². The van der Waals surface area contributed by atoms with E-state index in [2.05, 4.69) is 5.32 Å². The lowest BCUT2D eigenvalue weighted by Gasteiger charge is -2.34. The number of piperidine rings is 1. The maximum atomic E-state index is 12.9. The van der Waals surface area contributed by atoms with Crippen molar-refractivity contribution in [3.05, 3.63) is 42.0 Å². The molecule has 2 aliphatic rings. The maximum absolute atomic E-state index is 12.9. The summed E-state index contributed by atoms with van der Waals surface area (Å²) in [5.41, 5.74) is 4.37. The number of alkyl halides is 3. The molecule has 8 heteroatoms. The Morgan fingerprint density at radius 1 is 1.10 bits per heavy atom. The fourth-order valence-electron chi connectivity index (χ4n) is 3.93. The lowest BCUT2D eigenvalue weighted by atomic mass is 9.96. The van der Waals surface area contributed by atoms with Gasteiger partial charge in [-0.15, -0.1) is 0 Å². The third-order valence-corrected chi connectivity index (χ3v) is 5.86. The topological polar surface area (TPSA) is 44.8 Å². The number of rotatable bonds is 3. The fourth-order valence-corrected chi connectivity index (χ4v) is 3.93. The molecule has 0 unspecified atom stereocenters. The number of nitrogens with zero attached hydrogens (tertiary/aromatic N) is 2. The number of likely N-dealkylation sites (N-methyl/N-ethyl adjacent to an activating group) is 1. The Hall–Kier alpha value is -2.90. The first-order chi connectivity index (χ1) is 14.2. The van der Waals surface area contributed by atoms with Crippen molar-refractivity contribution in [1.82, 2.24) is 0 Å². The Morgan fingerprint density at radius 2 is 1.77 bits per heavy atom. The van der Waals surface area contributed by atoms with Crippen LogP contribution in [0.5, 0.6) is 5.75 Å². The second-order valence-corrected chi connectivity index (χ2v) is 7.85. The summed E-state index contributed by atoms with van der Waals surface area (Å²) in [6.07, 6.45) is -3.83.